The zero-order valence-corrected chi connectivity index (χ0v) is 20.5. The van der Waals surface area contributed by atoms with Gasteiger partial charge in [-0.15, -0.1) is 0 Å². The van der Waals surface area contributed by atoms with Crippen molar-refractivity contribution in [1.29, 1.82) is 0 Å². The van der Waals surface area contributed by atoms with Crippen molar-refractivity contribution < 1.29 is 0 Å². The topological polar surface area (TPSA) is 27.6 Å². The highest BCUT2D eigenvalue weighted by molar-refractivity contribution is 7.99. The number of hydrogen-bond acceptors (Lipinski definition) is 4. The van der Waals surface area contributed by atoms with Crippen molar-refractivity contribution >= 4 is 23.3 Å². The molecule has 4 rings (SSSR count). The van der Waals surface area contributed by atoms with Crippen LogP contribution in [0.3, 0.4) is 0 Å². The number of fused-ring (bicyclic) bond motifs is 2. The summed E-state index contributed by atoms with van der Waals surface area (Å²) in [5.41, 5.74) is 3.72. The molecule has 0 saturated heterocycles. The molecule has 4 heteroatoms. The van der Waals surface area contributed by atoms with Crippen LogP contribution >= 0.6 is 11.8 Å². The van der Waals surface area contributed by atoms with Crippen molar-refractivity contribution in [2.75, 3.05) is 20.6 Å². The second-order valence-corrected chi connectivity index (χ2v) is 9.22. The molecule has 0 fully saturated rings. The molecule has 0 radical (unpaired) electrons. The van der Waals surface area contributed by atoms with E-state index in [9.17, 15) is 0 Å². The van der Waals surface area contributed by atoms with E-state index in [1.54, 1.807) is 11.8 Å². The van der Waals surface area contributed by atoms with E-state index in [-0.39, 0.29) is 0 Å². The molecule has 3 aromatic carbocycles. The molecule has 0 spiro atoms. The Bertz CT molecular complexity index is 1000. The monoisotopic (exact) mass is 445 g/mol. The number of para-hydroxylation sites is 1. The first-order chi connectivity index (χ1) is 15.6. The van der Waals surface area contributed by atoms with E-state index < -0.39 is 0 Å². The summed E-state index contributed by atoms with van der Waals surface area (Å²) >= 11 is 1.80. The number of aryl methyl sites for hydroxylation is 1. The lowest BCUT2D eigenvalue weighted by Crippen LogP contribution is -2.28. The zero-order valence-electron chi connectivity index (χ0n) is 19.7. The van der Waals surface area contributed by atoms with Gasteiger partial charge in [-0.05, 0) is 57.0 Å². The molecule has 0 unspecified atom stereocenters. The van der Waals surface area contributed by atoms with Crippen LogP contribution < -0.4 is 5.32 Å². The van der Waals surface area contributed by atoms with Crippen molar-refractivity contribution in [3.8, 4) is 0 Å². The molecule has 168 valence electrons. The highest BCUT2D eigenvalue weighted by atomic mass is 32.2. The first-order valence-corrected chi connectivity index (χ1v) is 12.3. The van der Waals surface area contributed by atoms with Gasteiger partial charge in [-0.2, -0.15) is 0 Å². The fourth-order valence-corrected chi connectivity index (χ4v) is 4.59. The summed E-state index contributed by atoms with van der Waals surface area (Å²) < 4.78 is 0. The Balaban J connectivity index is 0.000000207. The van der Waals surface area contributed by atoms with Crippen LogP contribution in [-0.4, -0.2) is 37.4 Å². The van der Waals surface area contributed by atoms with Gasteiger partial charge in [0.15, 0.2) is 0 Å². The van der Waals surface area contributed by atoms with Crippen molar-refractivity contribution in [2.45, 2.75) is 48.9 Å². The van der Waals surface area contributed by atoms with Crippen molar-refractivity contribution in [3.63, 3.8) is 0 Å². The Kier molecular flexibility index (Phi) is 9.39. The molecule has 0 saturated carbocycles. The smallest absolute Gasteiger partial charge is 0.137 e. The summed E-state index contributed by atoms with van der Waals surface area (Å²) in [6, 6.07) is 28.1. The molecule has 1 heterocycles. The fraction of sp³-hybridized carbons (Fsp3) is 0.321. The van der Waals surface area contributed by atoms with Gasteiger partial charge in [0.2, 0.25) is 0 Å². The average Bonchev–Trinajstić information content (AvgIpc) is 3.00. The van der Waals surface area contributed by atoms with Crippen LogP contribution in [0.5, 0.6) is 0 Å². The second kappa shape index (κ2) is 12.5. The van der Waals surface area contributed by atoms with E-state index >= 15 is 0 Å². The number of benzene rings is 3. The number of nitrogens with one attached hydrogen (secondary N) is 1. The lowest BCUT2D eigenvalue weighted by molar-refractivity contribution is 0.501. The highest BCUT2D eigenvalue weighted by Crippen LogP contribution is 2.40. The summed E-state index contributed by atoms with van der Waals surface area (Å²) in [5, 5.41) is 3.24. The third-order valence-electron chi connectivity index (χ3n) is 5.56. The quantitative estimate of drug-likeness (QED) is 0.452. The van der Waals surface area contributed by atoms with Crippen LogP contribution in [0.2, 0.25) is 0 Å². The third kappa shape index (κ3) is 6.72. The lowest BCUT2D eigenvalue weighted by Gasteiger charge is -2.21. The van der Waals surface area contributed by atoms with Gasteiger partial charge >= 0.3 is 0 Å². The molecule has 1 aliphatic heterocycles. The van der Waals surface area contributed by atoms with Crippen LogP contribution in [0.25, 0.3) is 0 Å². The number of aliphatic imine (C=N–C) groups is 1. The summed E-state index contributed by atoms with van der Waals surface area (Å²) in [7, 11) is 4.13. The Morgan fingerprint density at radius 2 is 1.56 bits per heavy atom. The Labute approximate surface area is 198 Å². The van der Waals surface area contributed by atoms with Gasteiger partial charge in [0.05, 0.1) is 5.69 Å². The van der Waals surface area contributed by atoms with Gasteiger partial charge in [0.1, 0.15) is 5.84 Å². The molecule has 1 atom stereocenters. The van der Waals surface area contributed by atoms with Crippen molar-refractivity contribution in [1.82, 2.24) is 10.2 Å². The van der Waals surface area contributed by atoms with Crippen LogP contribution in [0.15, 0.2) is 93.6 Å². The van der Waals surface area contributed by atoms with E-state index in [1.807, 2.05) is 7.05 Å². The number of hydrogen-bond donors (Lipinski definition) is 1. The minimum absolute atomic E-state index is 0.616. The molecule has 0 aliphatic carbocycles. The SMILES string of the molecule is CCCN(C)C1=Nc2ccccc2Sc2ccccc21.CN[C@H](C)CCc1ccccc1. The van der Waals surface area contributed by atoms with Crippen molar-refractivity contribution in [2.24, 2.45) is 4.99 Å². The van der Waals surface area contributed by atoms with Crippen LogP contribution in [0.1, 0.15) is 37.8 Å². The number of nitrogens with zero attached hydrogens (tertiary/aromatic N) is 2. The average molecular weight is 446 g/mol. The van der Waals surface area contributed by atoms with Crippen molar-refractivity contribution in [3.05, 3.63) is 90.0 Å². The van der Waals surface area contributed by atoms with E-state index in [2.05, 4.69) is 110 Å². The molecule has 3 nitrogen and oxygen atoms in total. The Morgan fingerprint density at radius 1 is 0.906 bits per heavy atom. The minimum atomic E-state index is 0.616. The van der Waals surface area contributed by atoms with E-state index in [0.717, 1.165) is 24.5 Å². The van der Waals surface area contributed by atoms with Crippen LogP contribution in [0, 0.1) is 0 Å². The molecular formula is C28H35N3S. The first-order valence-electron chi connectivity index (χ1n) is 11.5. The maximum Gasteiger partial charge on any atom is 0.137 e. The van der Waals surface area contributed by atoms with Gasteiger partial charge in [-0.25, -0.2) is 4.99 Å². The second-order valence-electron chi connectivity index (χ2n) is 8.14. The molecular weight excluding hydrogens is 410 g/mol. The molecule has 1 N–H and O–H groups in total. The largest absolute Gasteiger partial charge is 0.359 e. The zero-order chi connectivity index (χ0) is 22.8. The Morgan fingerprint density at radius 3 is 2.28 bits per heavy atom. The predicted molar refractivity (Wildman–Crippen MR) is 139 cm³/mol. The van der Waals surface area contributed by atoms with Crippen LogP contribution in [0.4, 0.5) is 5.69 Å². The van der Waals surface area contributed by atoms with E-state index in [1.165, 1.54) is 33.8 Å². The summed E-state index contributed by atoms with van der Waals surface area (Å²) in [4.78, 5) is 9.67. The van der Waals surface area contributed by atoms with Gasteiger partial charge in [-0.1, -0.05) is 79.3 Å². The number of amidine groups is 1. The van der Waals surface area contributed by atoms with Gasteiger partial charge in [0.25, 0.3) is 0 Å². The highest BCUT2D eigenvalue weighted by Gasteiger charge is 2.19. The molecule has 0 aromatic heterocycles. The summed E-state index contributed by atoms with van der Waals surface area (Å²) in [5.74, 6) is 1.07. The summed E-state index contributed by atoms with van der Waals surface area (Å²) in [6.07, 6.45) is 3.50. The molecule has 32 heavy (non-hydrogen) atoms. The van der Waals surface area contributed by atoms with Gasteiger partial charge in [-0.3, -0.25) is 0 Å². The normalized spacial score (nSPS) is 12.9. The summed E-state index contributed by atoms with van der Waals surface area (Å²) in [6.45, 7) is 5.42. The van der Waals surface area contributed by atoms with Crippen LogP contribution in [-0.2, 0) is 6.42 Å². The maximum atomic E-state index is 4.92. The Hall–Kier alpha value is -2.56. The standard InChI is InChI=1S/C17H18N2S.C11H17N/c1-3-12-19(2)17-13-8-4-6-10-15(13)20-16-11-7-5-9-14(16)18-17;1-10(12-2)8-9-11-6-4-3-5-7-11/h4-11H,3,12H2,1-2H3;3-7,10,12H,8-9H2,1-2H3/t;10-/m.1/s1. The first kappa shape index (κ1) is 24.1. The predicted octanol–water partition coefficient (Wildman–Crippen LogP) is 6.80. The number of rotatable bonds is 6. The molecule has 0 bridgehead atoms. The molecule has 1 aliphatic rings. The minimum Gasteiger partial charge on any atom is -0.359 e. The lowest BCUT2D eigenvalue weighted by atomic mass is 10.1. The third-order valence-corrected chi connectivity index (χ3v) is 6.70. The van der Waals surface area contributed by atoms with E-state index in [4.69, 9.17) is 4.99 Å². The molecule has 3 aromatic rings. The molecule has 0 amide bonds. The van der Waals surface area contributed by atoms with E-state index in [0.29, 0.717) is 6.04 Å². The maximum absolute atomic E-state index is 4.92. The fourth-order valence-electron chi connectivity index (χ4n) is 3.57. The van der Waals surface area contributed by atoms with Gasteiger partial charge in [0, 0.05) is 35.0 Å². The van der Waals surface area contributed by atoms with Gasteiger partial charge < -0.3 is 10.2 Å².